The number of likely N-dealkylation sites (N-methyl/N-ethyl adjacent to an activating group) is 1. The van der Waals surface area contributed by atoms with Gasteiger partial charge < -0.3 is 29.7 Å². The fraction of sp³-hybridized carbons (Fsp3) is 0.533. The van der Waals surface area contributed by atoms with Gasteiger partial charge in [-0.15, -0.1) is 0 Å². The molecule has 0 aliphatic carbocycles. The molecule has 0 fully saturated rings. The molecular weight excluding hydrogens is 560 g/mol. The summed E-state index contributed by atoms with van der Waals surface area (Å²) in [6.45, 7) is 6.32. The van der Waals surface area contributed by atoms with Gasteiger partial charge in [0.25, 0.3) is 5.91 Å². The molecule has 0 bridgehead atoms. The largest absolute Gasteiger partial charge is 0.490 e. The fourth-order valence-corrected chi connectivity index (χ4v) is 5.31. The number of fused-ring (bicyclic) bond motifs is 1. The molecule has 0 saturated heterocycles. The van der Waals surface area contributed by atoms with Gasteiger partial charge in [-0.25, -0.2) is 13.2 Å². The Bertz CT molecular complexity index is 1290. The maximum atomic E-state index is 14.1. The first-order valence-electron chi connectivity index (χ1n) is 14.3. The molecule has 0 saturated carbocycles. The smallest absolute Gasteiger partial charge is 0.321 e. The molecule has 2 aromatic rings. The van der Waals surface area contributed by atoms with E-state index < -0.39 is 28.1 Å². The Morgan fingerprint density at radius 2 is 1.86 bits per heavy atom. The maximum Gasteiger partial charge on any atom is 0.321 e. The molecule has 0 radical (unpaired) electrons. The van der Waals surface area contributed by atoms with Crippen LogP contribution in [0, 0.1) is 5.92 Å². The summed E-state index contributed by atoms with van der Waals surface area (Å²) in [6, 6.07) is 13.0. The van der Waals surface area contributed by atoms with Crippen molar-refractivity contribution in [1.29, 1.82) is 0 Å². The van der Waals surface area contributed by atoms with E-state index in [1.807, 2.05) is 44.2 Å². The lowest BCUT2D eigenvalue weighted by Gasteiger charge is -2.35. The van der Waals surface area contributed by atoms with Crippen LogP contribution in [0.3, 0.4) is 0 Å². The van der Waals surface area contributed by atoms with Crippen LogP contribution in [0.4, 0.5) is 16.2 Å². The van der Waals surface area contributed by atoms with Crippen LogP contribution in [0.5, 0.6) is 5.75 Å². The van der Waals surface area contributed by atoms with Gasteiger partial charge in [0.05, 0.1) is 36.7 Å². The Hall–Kier alpha value is -3.35. The van der Waals surface area contributed by atoms with E-state index in [1.54, 1.807) is 35.9 Å². The summed E-state index contributed by atoms with van der Waals surface area (Å²) in [4.78, 5) is 30.1. The number of ether oxygens (including phenoxy) is 2. The Morgan fingerprint density at radius 3 is 2.52 bits per heavy atom. The number of nitrogens with one attached hydrogen (secondary N) is 2. The van der Waals surface area contributed by atoms with E-state index in [-0.39, 0.29) is 49.0 Å². The number of anilines is 2. The first-order valence-corrected chi connectivity index (χ1v) is 16.2. The summed E-state index contributed by atoms with van der Waals surface area (Å²) in [5, 5.41) is 13.0. The minimum absolute atomic E-state index is 0.192. The summed E-state index contributed by atoms with van der Waals surface area (Å²) in [5.41, 5.74) is 1.11. The standard InChI is InChI=1S/C30H44N4O7S/c1-21-18-34(22(2)20-35)29(36)26-17-25(32-42(5,38)39)14-15-27(26)41-23(3)11-9-10-16-40-28(21)19-33(4)30(37)31-24-12-7-6-8-13-24/h6-8,12-15,17,21-23,28,32,35H,9-11,16,18-20H2,1-5H3,(H,31,37)/t21-,22+,23+,28+/m0/s1. The average Bonchev–Trinajstić information content (AvgIpc) is 2.94. The van der Waals surface area contributed by atoms with Crippen molar-refractivity contribution >= 4 is 33.3 Å². The zero-order chi connectivity index (χ0) is 30.9. The third-order valence-corrected chi connectivity index (χ3v) is 7.79. The van der Waals surface area contributed by atoms with Gasteiger partial charge in [-0.05, 0) is 63.4 Å². The predicted octanol–water partition coefficient (Wildman–Crippen LogP) is 4.02. The number of para-hydroxylation sites is 1. The Morgan fingerprint density at radius 1 is 1.14 bits per heavy atom. The zero-order valence-corrected chi connectivity index (χ0v) is 25.9. The lowest BCUT2D eigenvalue weighted by atomic mass is 10.0. The van der Waals surface area contributed by atoms with Gasteiger partial charge >= 0.3 is 6.03 Å². The van der Waals surface area contributed by atoms with E-state index in [1.165, 1.54) is 6.07 Å². The van der Waals surface area contributed by atoms with Gasteiger partial charge in [-0.2, -0.15) is 0 Å². The molecule has 1 aliphatic rings. The molecule has 0 unspecified atom stereocenters. The summed E-state index contributed by atoms with van der Waals surface area (Å²) < 4.78 is 38.7. The van der Waals surface area contributed by atoms with Gasteiger partial charge in [0.15, 0.2) is 0 Å². The van der Waals surface area contributed by atoms with Crippen molar-refractivity contribution in [2.45, 2.75) is 58.3 Å². The van der Waals surface area contributed by atoms with Gasteiger partial charge in [0.2, 0.25) is 10.0 Å². The van der Waals surface area contributed by atoms with Crippen LogP contribution in [0.15, 0.2) is 48.5 Å². The molecule has 3 rings (SSSR count). The van der Waals surface area contributed by atoms with E-state index in [2.05, 4.69) is 10.0 Å². The third kappa shape index (κ3) is 9.88. The molecule has 1 heterocycles. The van der Waals surface area contributed by atoms with Gasteiger partial charge in [0, 0.05) is 44.0 Å². The molecule has 11 nitrogen and oxygen atoms in total. The average molecular weight is 605 g/mol. The normalized spacial score (nSPS) is 21.3. The number of carbonyl (C=O) groups is 2. The van der Waals surface area contributed by atoms with Gasteiger partial charge in [0.1, 0.15) is 5.75 Å². The lowest BCUT2D eigenvalue weighted by molar-refractivity contribution is -0.0115. The number of nitrogens with zero attached hydrogens (tertiary/aromatic N) is 2. The molecule has 232 valence electrons. The monoisotopic (exact) mass is 604 g/mol. The summed E-state index contributed by atoms with van der Waals surface area (Å²) >= 11 is 0. The highest BCUT2D eigenvalue weighted by molar-refractivity contribution is 7.92. The number of aliphatic hydroxyl groups excluding tert-OH is 1. The highest BCUT2D eigenvalue weighted by Crippen LogP contribution is 2.29. The van der Waals surface area contributed by atoms with Crippen molar-refractivity contribution in [3.8, 4) is 5.75 Å². The summed E-state index contributed by atoms with van der Waals surface area (Å²) in [5.74, 6) is -0.288. The highest BCUT2D eigenvalue weighted by Gasteiger charge is 2.31. The minimum atomic E-state index is -3.58. The quantitative estimate of drug-likeness (QED) is 0.434. The summed E-state index contributed by atoms with van der Waals surface area (Å²) in [7, 11) is -1.88. The molecule has 0 spiro atoms. The Kier molecular flexibility index (Phi) is 12.0. The lowest BCUT2D eigenvalue weighted by Crippen LogP contribution is -2.48. The number of rotatable bonds is 7. The van der Waals surface area contributed by atoms with E-state index in [4.69, 9.17) is 9.47 Å². The third-order valence-electron chi connectivity index (χ3n) is 7.18. The zero-order valence-electron chi connectivity index (χ0n) is 25.1. The molecule has 2 aromatic carbocycles. The Labute approximate surface area is 249 Å². The van der Waals surface area contributed by atoms with E-state index >= 15 is 0 Å². The van der Waals surface area contributed by atoms with E-state index in [0.29, 0.717) is 18.0 Å². The van der Waals surface area contributed by atoms with Crippen LogP contribution in [0.2, 0.25) is 0 Å². The van der Waals surface area contributed by atoms with Crippen LogP contribution in [0.1, 0.15) is 50.4 Å². The van der Waals surface area contributed by atoms with Crippen molar-refractivity contribution in [3.05, 3.63) is 54.1 Å². The van der Waals surface area contributed by atoms with Crippen molar-refractivity contribution in [2.75, 3.05) is 49.6 Å². The van der Waals surface area contributed by atoms with E-state index in [0.717, 1.165) is 25.5 Å². The number of sulfonamides is 1. The molecule has 12 heteroatoms. The number of amides is 3. The Balaban J connectivity index is 1.91. The number of benzene rings is 2. The summed E-state index contributed by atoms with van der Waals surface area (Å²) in [6.07, 6.45) is 2.77. The number of carbonyl (C=O) groups excluding carboxylic acids is 2. The number of hydrogen-bond donors (Lipinski definition) is 3. The molecule has 3 N–H and O–H groups in total. The second-order valence-electron chi connectivity index (χ2n) is 11.1. The second kappa shape index (κ2) is 15.2. The van der Waals surface area contributed by atoms with Crippen molar-refractivity contribution in [3.63, 3.8) is 0 Å². The molecule has 1 aliphatic heterocycles. The van der Waals surface area contributed by atoms with E-state index in [9.17, 15) is 23.1 Å². The fourth-order valence-electron chi connectivity index (χ4n) is 4.76. The topological polar surface area (TPSA) is 138 Å². The van der Waals surface area contributed by atoms with Crippen LogP contribution >= 0.6 is 0 Å². The van der Waals surface area contributed by atoms with Crippen LogP contribution < -0.4 is 14.8 Å². The number of urea groups is 1. The number of aliphatic hydroxyl groups is 1. The second-order valence-corrected chi connectivity index (χ2v) is 12.8. The van der Waals surface area contributed by atoms with Crippen LogP contribution in [-0.4, -0.2) is 93.1 Å². The SMILES string of the molecule is C[C@@H]1CCCCO[C@H](CN(C)C(=O)Nc2ccccc2)[C@@H](C)CN([C@H](C)CO)C(=O)c2cc(NS(C)(=O)=O)ccc2O1. The number of hydrogen-bond acceptors (Lipinski definition) is 7. The van der Waals surface area contributed by atoms with Gasteiger partial charge in [-0.3, -0.25) is 9.52 Å². The molecular formula is C30H44N4O7S. The minimum Gasteiger partial charge on any atom is -0.490 e. The van der Waals surface area contributed by atoms with Crippen molar-refractivity contribution in [1.82, 2.24) is 9.80 Å². The van der Waals surface area contributed by atoms with Gasteiger partial charge in [-0.1, -0.05) is 25.1 Å². The molecule has 0 aromatic heterocycles. The van der Waals surface area contributed by atoms with Crippen LogP contribution in [0.25, 0.3) is 0 Å². The highest BCUT2D eigenvalue weighted by atomic mass is 32.2. The maximum absolute atomic E-state index is 14.1. The van der Waals surface area contributed by atoms with Crippen molar-refractivity contribution < 1.29 is 32.6 Å². The first kappa shape index (κ1) is 33.2. The van der Waals surface area contributed by atoms with Crippen molar-refractivity contribution in [2.24, 2.45) is 5.92 Å². The predicted molar refractivity (Wildman–Crippen MR) is 163 cm³/mol. The molecule has 42 heavy (non-hydrogen) atoms. The molecule has 4 atom stereocenters. The molecule has 3 amide bonds. The van der Waals surface area contributed by atoms with Crippen LogP contribution in [-0.2, 0) is 14.8 Å². The first-order chi connectivity index (χ1) is 19.9.